The van der Waals surface area contributed by atoms with Gasteiger partial charge >= 0.3 is 7.48 Å². The molecule has 0 saturated heterocycles. The van der Waals surface area contributed by atoms with Crippen molar-refractivity contribution < 1.29 is 13.8 Å². The van der Waals surface area contributed by atoms with E-state index < -0.39 is 11.2 Å². The number of ether oxygens (including phenoxy) is 1. The van der Waals surface area contributed by atoms with Gasteiger partial charge in [0.15, 0.2) is 0 Å². The highest BCUT2D eigenvalue weighted by atomic mass is 16.5. The fraction of sp³-hybridized carbons (Fsp3) is 0.241. The lowest BCUT2D eigenvalue weighted by molar-refractivity contribution is -0.114. The van der Waals surface area contributed by atoms with Gasteiger partial charge in [-0.1, -0.05) is 60.1 Å². The summed E-state index contributed by atoms with van der Waals surface area (Å²) in [6.45, 7) is 8.29. The van der Waals surface area contributed by atoms with Crippen molar-refractivity contribution in [3.63, 3.8) is 0 Å². The first-order valence-electron chi connectivity index (χ1n) is 11.5. The molecule has 1 aromatic heterocycles. The molecule has 0 saturated carbocycles. The summed E-state index contributed by atoms with van der Waals surface area (Å²) in [6, 6.07) is 23.8. The van der Waals surface area contributed by atoms with Crippen molar-refractivity contribution in [2.75, 3.05) is 7.11 Å². The summed E-state index contributed by atoms with van der Waals surface area (Å²) < 4.78 is 18.3. The molecule has 1 heterocycles. The van der Waals surface area contributed by atoms with E-state index in [1.807, 2.05) is 12.1 Å². The molecule has 0 unspecified atom stereocenters. The first kappa shape index (κ1) is 20.5. The van der Waals surface area contributed by atoms with Crippen LogP contribution in [-0.4, -0.2) is 25.8 Å². The minimum Gasteiger partial charge on any atom is -0.456 e. The molecule has 0 aliphatic heterocycles. The van der Waals surface area contributed by atoms with Crippen LogP contribution in [0.25, 0.3) is 55.0 Å². The summed E-state index contributed by atoms with van der Waals surface area (Å²) in [5, 5.41) is 4.93. The monoisotopic (exact) mass is 434 g/mol. The molecule has 0 fully saturated rings. The van der Waals surface area contributed by atoms with Crippen molar-refractivity contribution in [2.24, 2.45) is 0 Å². The van der Waals surface area contributed by atoms with Gasteiger partial charge in [-0.05, 0) is 72.9 Å². The Labute approximate surface area is 194 Å². The Balaban J connectivity index is 1.48. The SMILES string of the molecule is COC(C)(C)C(C)(C)OBc1ccc2c(c1)-c1cc3oc4ccccc4c3c3cccc-2c13. The Bertz CT molecular complexity index is 1560. The van der Waals surface area contributed by atoms with Crippen LogP contribution in [0, 0.1) is 0 Å². The molecular formula is C29H27BO3. The van der Waals surface area contributed by atoms with Gasteiger partial charge in [-0.2, -0.15) is 0 Å². The molecular weight excluding hydrogens is 407 g/mol. The first-order valence-corrected chi connectivity index (χ1v) is 11.5. The highest BCUT2D eigenvalue weighted by Gasteiger charge is 2.38. The zero-order valence-electron chi connectivity index (χ0n) is 19.8. The van der Waals surface area contributed by atoms with Crippen molar-refractivity contribution in [3.8, 4) is 22.3 Å². The maximum Gasteiger partial charge on any atom is 0.309 e. The van der Waals surface area contributed by atoms with E-state index in [9.17, 15) is 0 Å². The summed E-state index contributed by atoms with van der Waals surface area (Å²) in [5.41, 5.74) is 7.25. The molecule has 1 aliphatic carbocycles. The van der Waals surface area contributed by atoms with Crippen molar-refractivity contribution in [1.82, 2.24) is 0 Å². The number of hydrogen-bond acceptors (Lipinski definition) is 3. The Morgan fingerprint density at radius 2 is 1.45 bits per heavy atom. The lowest BCUT2D eigenvalue weighted by Crippen LogP contribution is -2.50. The Hall–Kier alpha value is -3.08. The molecule has 6 rings (SSSR count). The van der Waals surface area contributed by atoms with Gasteiger partial charge in [-0.15, -0.1) is 0 Å². The third-order valence-electron chi connectivity index (χ3n) is 7.73. The van der Waals surface area contributed by atoms with Crippen LogP contribution in [0.1, 0.15) is 27.7 Å². The van der Waals surface area contributed by atoms with Crippen molar-refractivity contribution in [2.45, 2.75) is 38.9 Å². The minimum absolute atomic E-state index is 0.390. The van der Waals surface area contributed by atoms with Gasteiger partial charge in [0, 0.05) is 17.9 Å². The molecule has 0 amide bonds. The number of benzene rings is 4. The summed E-state index contributed by atoms with van der Waals surface area (Å²) in [6.07, 6.45) is 0. The van der Waals surface area contributed by atoms with Crippen LogP contribution in [0.2, 0.25) is 0 Å². The molecule has 33 heavy (non-hydrogen) atoms. The lowest BCUT2D eigenvalue weighted by atomic mass is 9.81. The maximum absolute atomic E-state index is 6.35. The fourth-order valence-electron chi connectivity index (χ4n) is 4.96. The van der Waals surface area contributed by atoms with Crippen LogP contribution in [-0.2, 0) is 9.39 Å². The van der Waals surface area contributed by atoms with E-state index in [1.165, 1.54) is 43.8 Å². The Morgan fingerprint density at radius 3 is 2.27 bits per heavy atom. The van der Waals surface area contributed by atoms with Gasteiger partial charge < -0.3 is 13.8 Å². The van der Waals surface area contributed by atoms with E-state index in [1.54, 1.807) is 7.11 Å². The van der Waals surface area contributed by atoms with Crippen LogP contribution in [0.15, 0.2) is 71.1 Å². The molecule has 3 nitrogen and oxygen atoms in total. The molecule has 1 aliphatic rings. The standard InChI is InChI=1S/C29H27BO3/c1-28(2,31-5)29(3,4)33-30-17-13-14-18-19-10-8-11-21-26(19)23(22(18)15-17)16-25-27(21)20-9-6-7-12-24(20)32-25/h6-16,30H,1-5H3. The quantitative estimate of drug-likeness (QED) is 0.287. The van der Waals surface area contributed by atoms with E-state index in [0.29, 0.717) is 7.48 Å². The predicted molar refractivity (Wildman–Crippen MR) is 139 cm³/mol. The Kier molecular flexibility index (Phi) is 4.33. The van der Waals surface area contributed by atoms with Gasteiger partial charge in [0.1, 0.15) is 11.2 Å². The summed E-state index contributed by atoms with van der Waals surface area (Å²) in [5.74, 6) is 0. The van der Waals surface area contributed by atoms with E-state index in [2.05, 4.69) is 82.3 Å². The summed E-state index contributed by atoms with van der Waals surface area (Å²) in [7, 11) is 2.26. The molecule has 164 valence electrons. The second-order valence-electron chi connectivity index (χ2n) is 10.0. The normalized spacial score (nSPS) is 13.2. The van der Waals surface area contributed by atoms with E-state index in [-0.39, 0.29) is 0 Å². The van der Waals surface area contributed by atoms with Gasteiger partial charge in [-0.25, -0.2) is 0 Å². The number of furan rings is 1. The smallest absolute Gasteiger partial charge is 0.309 e. The van der Waals surface area contributed by atoms with Crippen molar-refractivity contribution in [3.05, 3.63) is 66.7 Å². The molecule has 0 N–H and O–H groups in total. The van der Waals surface area contributed by atoms with Crippen LogP contribution >= 0.6 is 0 Å². The van der Waals surface area contributed by atoms with Crippen LogP contribution in [0.5, 0.6) is 0 Å². The fourth-order valence-corrected chi connectivity index (χ4v) is 4.96. The van der Waals surface area contributed by atoms with E-state index >= 15 is 0 Å². The van der Waals surface area contributed by atoms with Gasteiger partial charge in [0.05, 0.1) is 11.2 Å². The molecule has 0 spiro atoms. The Morgan fingerprint density at radius 1 is 0.667 bits per heavy atom. The minimum atomic E-state index is -0.426. The lowest BCUT2D eigenvalue weighted by Gasteiger charge is -2.40. The molecule has 0 atom stereocenters. The summed E-state index contributed by atoms with van der Waals surface area (Å²) in [4.78, 5) is 0. The van der Waals surface area contributed by atoms with Crippen LogP contribution in [0.3, 0.4) is 0 Å². The molecule has 5 aromatic rings. The van der Waals surface area contributed by atoms with Gasteiger partial charge in [0.2, 0.25) is 0 Å². The average molecular weight is 434 g/mol. The number of para-hydroxylation sites is 1. The largest absolute Gasteiger partial charge is 0.456 e. The van der Waals surface area contributed by atoms with Gasteiger partial charge in [0.25, 0.3) is 0 Å². The highest BCUT2D eigenvalue weighted by molar-refractivity contribution is 6.47. The number of rotatable bonds is 5. The third kappa shape index (κ3) is 2.91. The van der Waals surface area contributed by atoms with Crippen LogP contribution < -0.4 is 5.46 Å². The summed E-state index contributed by atoms with van der Waals surface area (Å²) >= 11 is 0. The zero-order valence-corrected chi connectivity index (χ0v) is 19.8. The second kappa shape index (κ2) is 6.96. The highest BCUT2D eigenvalue weighted by Crippen LogP contribution is 2.50. The van der Waals surface area contributed by atoms with Gasteiger partial charge in [-0.3, -0.25) is 0 Å². The first-order chi connectivity index (χ1) is 15.8. The number of fused-ring (bicyclic) bond motifs is 7. The van der Waals surface area contributed by atoms with Crippen molar-refractivity contribution >= 4 is 45.7 Å². The maximum atomic E-state index is 6.35. The van der Waals surface area contributed by atoms with Crippen LogP contribution in [0.4, 0.5) is 0 Å². The zero-order chi connectivity index (χ0) is 23.0. The third-order valence-corrected chi connectivity index (χ3v) is 7.73. The van der Waals surface area contributed by atoms with E-state index in [4.69, 9.17) is 13.8 Å². The second-order valence-corrected chi connectivity index (χ2v) is 10.0. The molecule has 4 aromatic carbocycles. The molecule has 0 bridgehead atoms. The number of methoxy groups -OCH3 is 1. The van der Waals surface area contributed by atoms with Crippen molar-refractivity contribution in [1.29, 1.82) is 0 Å². The topological polar surface area (TPSA) is 31.6 Å². The average Bonchev–Trinajstić information content (AvgIpc) is 3.34. The molecule has 0 radical (unpaired) electrons. The van der Waals surface area contributed by atoms with E-state index in [0.717, 1.165) is 16.6 Å². The predicted octanol–water partition coefficient (Wildman–Crippen LogP) is 6.58. The number of hydrogen-bond donors (Lipinski definition) is 0. The molecule has 4 heteroatoms.